The topological polar surface area (TPSA) is 119 Å². The molecule has 3 aliphatic heterocycles. The summed E-state index contributed by atoms with van der Waals surface area (Å²) >= 11 is 0. The number of ether oxygens (including phenoxy) is 4. The van der Waals surface area contributed by atoms with Gasteiger partial charge in [0.2, 0.25) is 11.5 Å². The summed E-state index contributed by atoms with van der Waals surface area (Å²) in [5.41, 5.74) is 3.81. The van der Waals surface area contributed by atoms with E-state index in [1.165, 1.54) is 18.3 Å². The van der Waals surface area contributed by atoms with Gasteiger partial charge in [0.15, 0.2) is 23.0 Å². The molecule has 232 valence electrons. The Balaban J connectivity index is 1.47. The molecule has 0 aliphatic carbocycles. The molecule has 8 bridgehead atoms. The van der Waals surface area contributed by atoms with Gasteiger partial charge >= 0.3 is 0 Å². The number of benzene rings is 3. The van der Waals surface area contributed by atoms with Crippen LogP contribution < -0.4 is 29.8 Å². The molecule has 4 aromatic rings. The molecule has 10 nitrogen and oxygen atoms in total. The average Bonchev–Trinajstić information content (AvgIpc) is 3.06. The Bertz CT molecular complexity index is 1760. The maximum absolute atomic E-state index is 14.0. The van der Waals surface area contributed by atoms with E-state index in [2.05, 4.69) is 10.3 Å². The SMILES string of the molecule is COc1ccc2cc1OCCCNC(=O)CCc1cccc(c1)Oc1cc3c(cc1OC)C2N(C(=O)c1ccc(=O)[nH]c1)CC3. The number of nitrogens with zero attached hydrogens (tertiary/aromatic N) is 1. The first-order valence-electron chi connectivity index (χ1n) is 15.0. The normalized spacial score (nSPS) is 16.5. The number of pyridine rings is 1. The molecule has 10 heteroatoms. The number of hydrogen-bond acceptors (Lipinski definition) is 7. The Hall–Kier alpha value is -5.25. The van der Waals surface area contributed by atoms with Crippen molar-refractivity contribution in [1.29, 1.82) is 0 Å². The zero-order valence-electron chi connectivity index (χ0n) is 25.3. The second-order valence-corrected chi connectivity index (χ2v) is 11.0. The fraction of sp³-hybridized carbons (Fsp3) is 0.286. The third-order valence-corrected chi connectivity index (χ3v) is 8.12. The number of carbonyl (C=O) groups excluding carboxylic acids is 2. The van der Waals surface area contributed by atoms with Crippen LogP contribution in [-0.4, -0.2) is 55.6 Å². The smallest absolute Gasteiger partial charge is 0.256 e. The minimum absolute atomic E-state index is 0.0329. The van der Waals surface area contributed by atoms with E-state index in [0.29, 0.717) is 79.7 Å². The van der Waals surface area contributed by atoms with Crippen LogP contribution in [0.1, 0.15) is 51.5 Å². The first-order chi connectivity index (χ1) is 21.9. The maximum Gasteiger partial charge on any atom is 0.256 e. The number of carbonyl (C=O) groups is 2. The molecule has 2 amide bonds. The Morgan fingerprint density at radius 3 is 2.58 bits per heavy atom. The Morgan fingerprint density at radius 2 is 1.78 bits per heavy atom. The van der Waals surface area contributed by atoms with Crippen molar-refractivity contribution in [3.05, 3.63) is 111 Å². The van der Waals surface area contributed by atoms with Crippen molar-refractivity contribution in [2.75, 3.05) is 33.9 Å². The summed E-state index contributed by atoms with van der Waals surface area (Å²) in [6, 6.07) is 19.6. The van der Waals surface area contributed by atoms with Gasteiger partial charge in [0, 0.05) is 31.8 Å². The van der Waals surface area contributed by atoms with Gasteiger partial charge in [-0.15, -0.1) is 0 Å². The molecule has 0 fully saturated rings. The summed E-state index contributed by atoms with van der Waals surface area (Å²) in [6.45, 7) is 1.26. The van der Waals surface area contributed by atoms with Crippen molar-refractivity contribution >= 4 is 11.8 Å². The van der Waals surface area contributed by atoms with Gasteiger partial charge < -0.3 is 34.1 Å². The molecule has 1 aromatic heterocycles. The van der Waals surface area contributed by atoms with Crippen molar-refractivity contribution in [3.63, 3.8) is 0 Å². The van der Waals surface area contributed by atoms with Crippen LogP contribution in [0.5, 0.6) is 28.7 Å². The molecule has 45 heavy (non-hydrogen) atoms. The summed E-state index contributed by atoms with van der Waals surface area (Å²) in [5.74, 6) is 2.54. The lowest BCUT2D eigenvalue weighted by molar-refractivity contribution is -0.121. The molecule has 0 spiro atoms. The van der Waals surface area contributed by atoms with Crippen LogP contribution in [0.15, 0.2) is 77.7 Å². The zero-order valence-corrected chi connectivity index (χ0v) is 25.3. The van der Waals surface area contributed by atoms with E-state index >= 15 is 0 Å². The number of nitrogens with one attached hydrogen (secondary N) is 2. The summed E-state index contributed by atoms with van der Waals surface area (Å²) in [4.78, 5) is 42.6. The number of fused-ring (bicyclic) bond motifs is 8. The van der Waals surface area contributed by atoms with Gasteiger partial charge in [-0.2, -0.15) is 0 Å². The Morgan fingerprint density at radius 1 is 0.911 bits per heavy atom. The molecule has 3 aromatic carbocycles. The van der Waals surface area contributed by atoms with Gasteiger partial charge in [-0.3, -0.25) is 14.4 Å². The van der Waals surface area contributed by atoms with E-state index in [4.69, 9.17) is 18.9 Å². The average molecular weight is 610 g/mol. The number of methoxy groups -OCH3 is 2. The molecule has 1 atom stereocenters. The highest BCUT2D eigenvalue weighted by Gasteiger charge is 2.34. The van der Waals surface area contributed by atoms with Crippen molar-refractivity contribution < 1.29 is 28.5 Å². The number of H-pyrrole nitrogens is 1. The molecule has 1 unspecified atom stereocenters. The number of aromatic nitrogens is 1. The van der Waals surface area contributed by atoms with E-state index < -0.39 is 6.04 Å². The van der Waals surface area contributed by atoms with Crippen LogP contribution in [0.2, 0.25) is 0 Å². The lowest BCUT2D eigenvalue weighted by Gasteiger charge is -2.38. The zero-order chi connectivity index (χ0) is 31.3. The number of aryl methyl sites for hydroxylation is 1. The number of rotatable bonds is 3. The number of aromatic amines is 1. The quantitative estimate of drug-likeness (QED) is 0.342. The second kappa shape index (κ2) is 13.2. The predicted molar refractivity (Wildman–Crippen MR) is 168 cm³/mol. The fourth-order valence-corrected chi connectivity index (χ4v) is 5.85. The summed E-state index contributed by atoms with van der Waals surface area (Å²) in [5, 5.41) is 2.96. The van der Waals surface area contributed by atoms with E-state index in [1.54, 1.807) is 19.1 Å². The van der Waals surface area contributed by atoms with Crippen LogP contribution in [0.25, 0.3) is 0 Å². The fourth-order valence-electron chi connectivity index (χ4n) is 5.85. The first-order valence-corrected chi connectivity index (χ1v) is 15.0. The molecule has 2 N–H and O–H groups in total. The number of hydrogen-bond donors (Lipinski definition) is 2. The molecule has 0 saturated carbocycles. The minimum atomic E-state index is -0.502. The van der Waals surface area contributed by atoms with E-state index in [1.807, 2.05) is 54.6 Å². The van der Waals surface area contributed by atoms with Gasteiger partial charge in [-0.05, 0) is 84.0 Å². The molecule has 7 rings (SSSR count). The lowest BCUT2D eigenvalue weighted by atomic mass is 9.87. The van der Waals surface area contributed by atoms with E-state index in [9.17, 15) is 14.4 Å². The molecular weight excluding hydrogens is 574 g/mol. The minimum Gasteiger partial charge on any atom is -0.493 e. The van der Waals surface area contributed by atoms with Crippen molar-refractivity contribution in [2.24, 2.45) is 0 Å². The number of amides is 2. The third kappa shape index (κ3) is 6.50. The largest absolute Gasteiger partial charge is 0.493 e. The Kier molecular flexibility index (Phi) is 8.72. The monoisotopic (exact) mass is 609 g/mol. The van der Waals surface area contributed by atoms with Crippen LogP contribution in [-0.2, 0) is 17.6 Å². The summed E-state index contributed by atoms with van der Waals surface area (Å²) < 4.78 is 23.9. The highest BCUT2D eigenvalue weighted by Crippen LogP contribution is 2.44. The molecule has 0 saturated heterocycles. The predicted octanol–water partition coefficient (Wildman–Crippen LogP) is 4.80. The van der Waals surface area contributed by atoms with Gasteiger partial charge in [0.1, 0.15) is 5.75 Å². The van der Waals surface area contributed by atoms with Crippen molar-refractivity contribution in [2.45, 2.75) is 31.7 Å². The lowest BCUT2D eigenvalue weighted by Crippen LogP contribution is -2.40. The van der Waals surface area contributed by atoms with Crippen molar-refractivity contribution in [1.82, 2.24) is 15.2 Å². The van der Waals surface area contributed by atoms with Crippen molar-refractivity contribution in [3.8, 4) is 28.7 Å². The van der Waals surface area contributed by atoms with Gasteiger partial charge in [-0.25, -0.2) is 0 Å². The highest BCUT2D eigenvalue weighted by atomic mass is 16.5. The maximum atomic E-state index is 14.0. The molecule has 3 aliphatic rings. The van der Waals surface area contributed by atoms with Crippen LogP contribution in [0.4, 0.5) is 0 Å². The van der Waals surface area contributed by atoms with E-state index in [0.717, 1.165) is 22.3 Å². The molecule has 4 heterocycles. The molecular formula is C35H35N3O7. The second-order valence-electron chi connectivity index (χ2n) is 11.0. The standard InChI is InChI=1S/C35H35N3O7/c1-42-28-10-8-24-19-30(28)44-16-4-14-36-32(39)11-7-22-5-3-6-26(17-22)45-31-18-23-13-15-38(34(24)27(23)20-29(31)43-2)35(41)25-9-12-33(40)37-21-25/h3,5-6,8-10,12,17-21,34H,4,7,11,13-16H2,1-2H3,(H,36,39)(H,37,40). The third-order valence-electron chi connectivity index (χ3n) is 8.12. The van der Waals surface area contributed by atoms with Gasteiger partial charge in [-0.1, -0.05) is 18.2 Å². The summed E-state index contributed by atoms with van der Waals surface area (Å²) in [6.07, 6.45) is 3.56. The van der Waals surface area contributed by atoms with E-state index in [-0.39, 0.29) is 17.4 Å². The highest BCUT2D eigenvalue weighted by molar-refractivity contribution is 5.94. The summed E-state index contributed by atoms with van der Waals surface area (Å²) in [7, 11) is 3.17. The molecule has 0 radical (unpaired) electrons. The van der Waals surface area contributed by atoms with Gasteiger partial charge in [0.25, 0.3) is 5.91 Å². The van der Waals surface area contributed by atoms with Crippen LogP contribution in [0, 0.1) is 0 Å². The van der Waals surface area contributed by atoms with Gasteiger partial charge in [0.05, 0.1) is 32.4 Å². The Labute approximate surface area is 260 Å². The first kappa shape index (κ1) is 29.8. The van der Waals surface area contributed by atoms with Crippen LogP contribution >= 0.6 is 0 Å². The van der Waals surface area contributed by atoms with Crippen LogP contribution in [0.3, 0.4) is 0 Å².